The lowest BCUT2D eigenvalue weighted by molar-refractivity contribution is 0.191. The summed E-state index contributed by atoms with van der Waals surface area (Å²) in [6.45, 7) is 0.727. The van der Waals surface area contributed by atoms with Crippen molar-refractivity contribution in [1.82, 2.24) is 9.88 Å². The zero-order chi connectivity index (χ0) is 14.2. The lowest BCUT2D eigenvalue weighted by Gasteiger charge is -2.27. The van der Waals surface area contributed by atoms with Gasteiger partial charge in [0.1, 0.15) is 0 Å². The molecule has 0 radical (unpaired) electrons. The van der Waals surface area contributed by atoms with E-state index in [9.17, 15) is 18.3 Å². The fourth-order valence-electron chi connectivity index (χ4n) is 2.38. The molecule has 1 N–H and O–H groups in total. The van der Waals surface area contributed by atoms with Gasteiger partial charge >= 0.3 is 0 Å². The number of hydrogen-bond acceptors (Lipinski definition) is 4. The molecule has 1 aromatic rings. The van der Waals surface area contributed by atoms with Crippen LogP contribution < -0.4 is 4.90 Å². The molecule has 106 valence electrons. The van der Waals surface area contributed by atoms with Crippen LogP contribution in [0.3, 0.4) is 0 Å². The molecule has 0 saturated carbocycles. The fraction of sp³-hybridized carbons (Fsp3) is 0.583. The van der Waals surface area contributed by atoms with Gasteiger partial charge in [0, 0.05) is 25.2 Å². The lowest BCUT2D eigenvalue weighted by atomic mass is 10.2. The fourth-order valence-corrected chi connectivity index (χ4v) is 2.38. The quantitative estimate of drug-likeness (QED) is 0.835. The molecule has 0 aliphatic carbocycles. The Bertz CT molecular complexity index is 470. The molecule has 2 unspecified atom stereocenters. The van der Waals surface area contributed by atoms with E-state index in [0.29, 0.717) is 19.0 Å². The number of halogens is 3. The van der Waals surface area contributed by atoms with Crippen LogP contribution in [-0.2, 0) is 0 Å². The van der Waals surface area contributed by atoms with Gasteiger partial charge in [-0.15, -0.1) is 0 Å². The summed E-state index contributed by atoms with van der Waals surface area (Å²) in [5.74, 6) is -3.81. The first-order chi connectivity index (χ1) is 8.88. The second-order valence-corrected chi connectivity index (χ2v) is 5.02. The van der Waals surface area contributed by atoms with Crippen LogP contribution in [0.1, 0.15) is 6.42 Å². The SMILES string of the molecule is CN(C)CC1CC(O)CN1c1nc(F)c(F)cc1F. The van der Waals surface area contributed by atoms with Crippen molar-refractivity contribution in [3.8, 4) is 0 Å². The number of aliphatic hydroxyl groups is 1. The van der Waals surface area contributed by atoms with Crippen molar-refractivity contribution in [3.05, 3.63) is 23.6 Å². The highest BCUT2D eigenvalue weighted by molar-refractivity contribution is 5.43. The molecule has 0 bridgehead atoms. The molecule has 1 aromatic heterocycles. The second-order valence-electron chi connectivity index (χ2n) is 5.02. The van der Waals surface area contributed by atoms with Gasteiger partial charge in [-0.05, 0) is 20.5 Å². The summed E-state index contributed by atoms with van der Waals surface area (Å²) in [6, 6.07) is 0.298. The summed E-state index contributed by atoms with van der Waals surface area (Å²) in [5.41, 5.74) is 0. The first-order valence-corrected chi connectivity index (χ1v) is 5.99. The Balaban J connectivity index is 2.31. The van der Waals surface area contributed by atoms with Crippen LogP contribution in [-0.4, -0.2) is 54.3 Å². The zero-order valence-corrected chi connectivity index (χ0v) is 10.8. The number of pyridine rings is 1. The van der Waals surface area contributed by atoms with Gasteiger partial charge < -0.3 is 14.9 Å². The lowest BCUT2D eigenvalue weighted by Crippen LogP contribution is -2.38. The molecule has 0 amide bonds. The molecule has 1 aliphatic rings. The molecule has 7 heteroatoms. The molecule has 1 fully saturated rings. The van der Waals surface area contributed by atoms with Gasteiger partial charge in [-0.1, -0.05) is 0 Å². The van der Waals surface area contributed by atoms with Gasteiger partial charge in [-0.3, -0.25) is 0 Å². The smallest absolute Gasteiger partial charge is 0.251 e. The molecular formula is C12H16F3N3O. The number of anilines is 1. The van der Waals surface area contributed by atoms with Crippen LogP contribution in [0.15, 0.2) is 6.07 Å². The van der Waals surface area contributed by atoms with Crippen LogP contribution in [0.4, 0.5) is 19.0 Å². The summed E-state index contributed by atoms with van der Waals surface area (Å²) >= 11 is 0. The summed E-state index contributed by atoms with van der Waals surface area (Å²) in [6.07, 6.45) is -0.183. The monoisotopic (exact) mass is 275 g/mol. The van der Waals surface area contributed by atoms with Gasteiger partial charge in [0.2, 0.25) is 0 Å². The van der Waals surface area contributed by atoms with E-state index in [-0.39, 0.29) is 18.4 Å². The molecule has 1 saturated heterocycles. The molecule has 2 heterocycles. The van der Waals surface area contributed by atoms with Crippen molar-refractivity contribution < 1.29 is 18.3 Å². The van der Waals surface area contributed by atoms with Crippen molar-refractivity contribution >= 4 is 5.82 Å². The Hall–Kier alpha value is -1.34. The van der Waals surface area contributed by atoms with E-state index in [1.165, 1.54) is 4.90 Å². The maximum Gasteiger partial charge on any atom is 0.251 e. The van der Waals surface area contributed by atoms with Crippen LogP contribution in [0.25, 0.3) is 0 Å². The molecule has 0 spiro atoms. The zero-order valence-electron chi connectivity index (χ0n) is 10.8. The average Bonchev–Trinajstić information content (AvgIpc) is 2.63. The Kier molecular flexibility index (Phi) is 3.96. The topological polar surface area (TPSA) is 39.6 Å². The van der Waals surface area contributed by atoms with E-state index in [2.05, 4.69) is 4.98 Å². The normalized spacial score (nSPS) is 23.4. The predicted molar refractivity (Wildman–Crippen MR) is 64.4 cm³/mol. The van der Waals surface area contributed by atoms with Crippen LogP contribution in [0, 0.1) is 17.6 Å². The van der Waals surface area contributed by atoms with E-state index in [0.717, 1.165) is 0 Å². The number of β-amino-alcohol motifs (C(OH)–C–C–N with tert-alkyl or cyclic N) is 1. The summed E-state index contributed by atoms with van der Waals surface area (Å²) < 4.78 is 39.7. The summed E-state index contributed by atoms with van der Waals surface area (Å²) in [7, 11) is 3.69. The second kappa shape index (κ2) is 5.34. The third kappa shape index (κ3) is 2.98. The number of aromatic nitrogens is 1. The Morgan fingerprint density at radius 1 is 1.37 bits per heavy atom. The Morgan fingerprint density at radius 2 is 2.05 bits per heavy atom. The molecule has 2 atom stereocenters. The van der Waals surface area contributed by atoms with Crippen LogP contribution >= 0.6 is 0 Å². The van der Waals surface area contributed by atoms with E-state index >= 15 is 0 Å². The van der Waals surface area contributed by atoms with E-state index in [4.69, 9.17) is 0 Å². The first kappa shape index (κ1) is 14.1. The van der Waals surface area contributed by atoms with Gasteiger partial charge in [0.25, 0.3) is 5.95 Å². The predicted octanol–water partition coefficient (Wildman–Crippen LogP) is 1.00. The standard InChI is InChI=1S/C12H16F3N3O/c1-17(2)5-7-3-8(19)6-18(7)12-10(14)4-9(13)11(15)16-12/h4,7-8,19H,3,5-6H2,1-2H3. The highest BCUT2D eigenvalue weighted by Gasteiger charge is 2.34. The third-order valence-electron chi connectivity index (χ3n) is 3.11. The molecule has 4 nitrogen and oxygen atoms in total. The summed E-state index contributed by atoms with van der Waals surface area (Å²) in [4.78, 5) is 6.70. The molecule has 19 heavy (non-hydrogen) atoms. The highest BCUT2D eigenvalue weighted by Crippen LogP contribution is 2.27. The first-order valence-electron chi connectivity index (χ1n) is 5.99. The molecule has 1 aliphatic heterocycles. The molecular weight excluding hydrogens is 259 g/mol. The highest BCUT2D eigenvalue weighted by atomic mass is 19.2. The van der Waals surface area contributed by atoms with E-state index in [1.807, 2.05) is 19.0 Å². The maximum atomic E-state index is 13.7. The van der Waals surface area contributed by atoms with Crippen LogP contribution in [0.2, 0.25) is 0 Å². The number of likely N-dealkylation sites (N-methyl/N-ethyl adjacent to an activating group) is 1. The largest absolute Gasteiger partial charge is 0.391 e. The van der Waals surface area contributed by atoms with Crippen molar-refractivity contribution in [2.24, 2.45) is 0 Å². The van der Waals surface area contributed by atoms with Crippen molar-refractivity contribution in [1.29, 1.82) is 0 Å². The maximum absolute atomic E-state index is 13.7. The minimum atomic E-state index is -1.33. The van der Waals surface area contributed by atoms with Gasteiger partial charge in [0.05, 0.1) is 6.10 Å². The summed E-state index contributed by atoms with van der Waals surface area (Å²) in [5, 5.41) is 9.68. The molecule has 0 aromatic carbocycles. The number of nitrogens with zero attached hydrogens (tertiary/aromatic N) is 3. The Labute approximate surface area is 109 Å². The number of aliphatic hydroxyl groups excluding tert-OH is 1. The number of hydrogen-bond donors (Lipinski definition) is 1. The van der Waals surface area contributed by atoms with Crippen molar-refractivity contribution in [2.45, 2.75) is 18.6 Å². The minimum Gasteiger partial charge on any atom is -0.391 e. The van der Waals surface area contributed by atoms with Crippen molar-refractivity contribution in [3.63, 3.8) is 0 Å². The van der Waals surface area contributed by atoms with Gasteiger partial charge in [-0.25, -0.2) is 8.78 Å². The average molecular weight is 275 g/mol. The van der Waals surface area contributed by atoms with E-state index < -0.39 is 23.7 Å². The van der Waals surface area contributed by atoms with Crippen molar-refractivity contribution in [2.75, 3.05) is 32.1 Å². The van der Waals surface area contributed by atoms with Gasteiger partial charge in [0.15, 0.2) is 17.5 Å². The van der Waals surface area contributed by atoms with Crippen LogP contribution in [0.5, 0.6) is 0 Å². The van der Waals surface area contributed by atoms with E-state index in [1.54, 1.807) is 0 Å². The number of rotatable bonds is 3. The minimum absolute atomic E-state index is 0.160. The Morgan fingerprint density at radius 3 is 2.68 bits per heavy atom. The van der Waals surface area contributed by atoms with Gasteiger partial charge in [-0.2, -0.15) is 9.37 Å². The molecule has 2 rings (SSSR count). The third-order valence-corrected chi connectivity index (χ3v) is 3.11.